The van der Waals surface area contributed by atoms with Crippen molar-refractivity contribution in [1.82, 2.24) is 4.40 Å². The van der Waals surface area contributed by atoms with Crippen LogP contribution in [-0.4, -0.2) is 4.40 Å². The van der Waals surface area contributed by atoms with E-state index in [0.29, 0.717) is 11.3 Å². The number of nitrogen functional groups attached to an aromatic ring is 1. The Hall–Kier alpha value is -1.47. The Bertz CT molecular complexity index is 507. The zero-order valence-electron chi connectivity index (χ0n) is 6.66. The molecule has 0 aliphatic heterocycles. The highest BCUT2D eigenvalue weighted by molar-refractivity contribution is 9.10. The highest BCUT2D eigenvalue weighted by Gasteiger charge is 2.06. The van der Waals surface area contributed by atoms with Crippen LogP contribution >= 0.6 is 15.9 Å². The third-order valence-corrected chi connectivity index (χ3v) is 2.34. The van der Waals surface area contributed by atoms with Gasteiger partial charge in [0.1, 0.15) is 11.6 Å². The summed E-state index contributed by atoms with van der Waals surface area (Å²) in [5.74, 6) is 0. The summed E-state index contributed by atoms with van der Waals surface area (Å²) in [4.78, 5) is 0. The Morgan fingerprint density at radius 3 is 2.85 bits per heavy atom. The summed E-state index contributed by atoms with van der Waals surface area (Å²) >= 11 is 3.34. The highest BCUT2D eigenvalue weighted by Crippen LogP contribution is 2.21. The number of rotatable bonds is 0. The van der Waals surface area contributed by atoms with Crippen LogP contribution < -0.4 is 5.73 Å². The van der Waals surface area contributed by atoms with E-state index in [4.69, 9.17) is 11.0 Å². The first-order valence-electron chi connectivity index (χ1n) is 3.68. The molecule has 0 saturated carbocycles. The monoisotopic (exact) mass is 235 g/mol. The first-order valence-corrected chi connectivity index (χ1v) is 4.47. The van der Waals surface area contributed by atoms with Crippen LogP contribution in [0.25, 0.3) is 5.52 Å². The lowest BCUT2D eigenvalue weighted by Gasteiger charge is -1.94. The van der Waals surface area contributed by atoms with Crippen LogP contribution in [0.2, 0.25) is 0 Å². The molecular formula is C9H6BrN3. The Morgan fingerprint density at radius 1 is 1.38 bits per heavy atom. The number of halogens is 1. The number of hydrogen-bond donors (Lipinski definition) is 1. The quantitative estimate of drug-likeness (QED) is 0.761. The summed E-state index contributed by atoms with van der Waals surface area (Å²) < 4.78 is 2.79. The number of nitriles is 1. The largest absolute Gasteiger partial charge is 0.396 e. The minimum absolute atomic E-state index is 0.514. The van der Waals surface area contributed by atoms with Gasteiger partial charge < -0.3 is 10.1 Å². The van der Waals surface area contributed by atoms with Crippen molar-refractivity contribution in [2.75, 3.05) is 5.73 Å². The van der Waals surface area contributed by atoms with E-state index in [9.17, 15) is 0 Å². The van der Waals surface area contributed by atoms with E-state index >= 15 is 0 Å². The van der Waals surface area contributed by atoms with Crippen molar-refractivity contribution in [2.45, 2.75) is 0 Å². The number of fused-ring (bicyclic) bond motifs is 1. The molecule has 0 aromatic carbocycles. The number of anilines is 1. The second-order valence-corrected chi connectivity index (χ2v) is 3.63. The first-order chi connectivity index (χ1) is 6.22. The van der Waals surface area contributed by atoms with E-state index in [0.717, 1.165) is 9.99 Å². The van der Waals surface area contributed by atoms with Crippen molar-refractivity contribution in [3.8, 4) is 6.07 Å². The van der Waals surface area contributed by atoms with Gasteiger partial charge in [0.25, 0.3) is 0 Å². The molecule has 2 aromatic rings. The van der Waals surface area contributed by atoms with Crippen molar-refractivity contribution in [1.29, 1.82) is 5.26 Å². The Labute approximate surface area is 83.5 Å². The molecule has 0 unspecified atom stereocenters. The van der Waals surface area contributed by atoms with E-state index in [1.165, 1.54) is 0 Å². The number of nitrogens with zero attached hydrogens (tertiary/aromatic N) is 2. The van der Waals surface area contributed by atoms with Gasteiger partial charge in [0.05, 0.1) is 11.2 Å². The fourth-order valence-electron chi connectivity index (χ4n) is 1.29. The lowest BCUT2D eigenvalue weighted by molar-refractivity contribution is 1.19. The fraction of sp³-hybridized carbons (Fsp3) is 0. The molecule has 0 aliphatic rings. The molecule has 0 fully saturated rings. The fourth-order valence-corrected chi connectivity index (χ4v) is 1.65. The molecular weight excluding hydrogens is 230 g/mol. The average Bonchev–Trinajstić information content (AvgIpc) is 2.39. The van der Waals surface area contributed by atoms with Gasteiger partial charge >= 0.3 is 0 Å². The summed E-state index contributed by atoms with van der Waals surface area (Å²) in [6.45, 7) is 0. The van der Waals surface area contributed by atoms with Gasteiger partial charge in [-0.15, -0.1) is 0 Å². The molecule has 0 saturated heterocycles. The van der Waals surface area contributed by atoms with Crippen LogP contribution in [0.4, 0.5) is 5.69 Å². The Balaban J connectivity index is 2.88. The second-order valence-electron chi connectivity index (χ2n) is 2.71. The average molecular weight is 236 g/mol. The maximum Gasteiger partial charge on any atom is 0.104 e. The molecule has 0 spiro atoms. The van der Waals surface area contributed by atoms with Crippen molar-refractivity contribution in [3.05, 3.63) is 34.6 Å². The molecule has 2 N–H and O–H groups in total. The number of pyridine rings is 1. The van der Waals surface area contributed by atoms with Gasteiger partial charge in [-0.3, -0.25) is 0 Å². The Morgan fingerprint density at radius 2 is 2.15 bits per heavy atom. The molecule has 0 atom stereocenters. The van der Waals surface area contributed by atoms with Gasteiger partial charge in [-0.1, -0.05) is 0 Å². The maximum absolute atomic E-state index is 8.82. The molecule has 0 amide bonds. The molecule has 2 heterocycles. The molecule has 2 rings (SSSR count). The van der Waals surface area contributed by atoms with Gasteiger partial charge in [-0.2, -0.15) is 5.26 Å². The Kier molecular flexibility index (Phi) is 1.74. The van der Waals surface area contributed by atoms with E-state index in [1.807, 2.05) is 22.7 Å². The van der Waals surface area contributed by atoms with Gasteiger partial charge in [0, 0.05) is 16.9 Å². The van der Waals surface area contributed by atoms with Crippen molar-refractivity contribution in [3.63, 3.8) is 0 Å². The molecule has 3 nitrogen and oxygen atoms in total. The maximum atomic E-state index is 8.82. The summed E-state index contributed by atoms with van der Waals surface area (Å²) in [7, 11) is 0. The predicted molar refractivity (Wildman–Crippen MR) is 54.2 cm³/mol. The zero-order chi connectivity index (χ0) is 9.42. The zero-order valence-corrected chi connectivity index (χ0v) is 8.25. The minimum Gasteiger partial charge on any atom is -0.396 e. The molecule has 2 aromatic heterocycles. The number of aromatic nitrogens is 1. The van der Waals surface area contributed by atoms with E-state index in [-0.39, 0.29) is 0 Å². The van der Waals surface area contributed by atoms with Crippen molar-refractivity contribution in [2.24, 2.45) is 0 Å². The predicted octanol–water partition coefficient (Wildman–Crippen LogP) is 2.16. The molecule has 13 heavy (non-hydrogen) atoms. The van der Waals surface area contributed by atoms with Crippen molar-refractivity contribution >= 4 is 27.1 Å². The van der Waals surface area contributed by atoms with Crippen molar-refractivity contribution < 1.29 is 0 Å². The lowest BCUT2D eigenvalue weighted by Crippen LogP contribution is -1.83. The topological polar surface area (TPSA) is 54.2 Å². The molecule has 0 radical (unpaired) electrons. The van der Waals surface area contributed by atoms with Crippen LogP contribution in [0, 0.1) is 11.3 Å². The van der Waals surface area contributed by atoms with Gasteiger partial charge in [0.15, 0.2) is 0 Å². The third-order valence-electron chi connectivity index (χ3n) is 1.88. The second kappa shape index (κ2) is 2.79. The summed E-state index contributed by atoms with van der Waals surface area (Å²) in [6.07, 6.45) is 3.60. The third kappa shape index (κ3) is 1.18. The molecule has 64 valence electrons. The van der Waals surface area contributed by atoms with Crippen LogP contribution in [0.15, 0.2) is 29.0 Å². The minimum atomic E-state index is 0.514. The first kappa shape index (κ1) is 8.14. The molecule has 0 bridgehead atoms. The summed E-state index contributed by atoms with van der Waals surface area (Å²) in [5, 5.41) is 8.82. The van der Waals surface area contributed by atoms with Crippen LogP contribution in [0.5, 0.6) is 0 Å². The van der Waals surface area contributed by atoms with Gasteiger partial charge in [0.2, 0.25) is 0 Å². The normalized spacial score (nSPS) is 10.2. The molecule has 4 heteroatoms. The number of nitrogens with two attached hydrogens (primary N) is 1. The standard InChI is InChI=1S/C9H6BrN3/c10-6-1-2-9-7(3-11)8(12)5-13(9)4-6/h1-2,4-5H,12H2. The van der Waals surface area contributed by atoms with E-state index in [2.05, 4.69) is 22.0 Å². The summed E-state index contributed by atoms with van der Waals surface area (Å²) in [6, 6.07) is 5.82. The SMILES string of the molecule is N#Cc1c(N)cn2cc(Br)ccc12. The van der Waals surface area contributed by atoms with Crippen LogP contribution in [0.1, 0.15) is 5.56 Å². The number of hydrogen-bond acceptors (Lipinski definition) is 2. The van der Waals surface area contributed by atoms with Gasteiger partial charge in [-0.25, -0.2) is 0 Å². The smallest absolute Gasteiger partial charge is 0.104 e. The van der Waals surface area contributed by atoms with Crippen LogP contribution in [0.3, 0.4) is 0 Å². The van der Waals surface area contributed by atoms with E-state index < -0.39 is 0 Å². The highest BCUT2D eigenvalue weighted by atomic mass is 79.9. The van der Waals surface area contributed by atoms with E-state index in [1.54, 1.807) is 6.20 Å². The summed E-state index contributed by atoms with van der Waals surface area (Å²) in [5.41, 5.74) is 7.54. The molecule has 0 aliphatic carbocycles. The van der Waals surface area contributed by atoms with Gasteiger partial charge in [-0.05, 0) is 28.1 Å². The lowest BCUT2D eigenvalue weighted by atomic mass is 10.2. The van der Waals surface area contributed by atoms with Crippen LogP contribution in [-0.2, 0) is 0 Å².